The first kappa shape index (κ1) is 22.8. The predicted molar refractivity (Wildman–Crippen MR) is 135 cm³/mol. The predicted octanol–water partition coefficient (Wildman–Crippen LogP) is 6.21. The number of halogens is 1. The fourth-order valence-corrected chi connectivity index (χ4v) is 5.48. The number of carbonyl (C=O) groups is 1. The molecule has 32 heavy (non-hydrogen) atoms. The summed E-state index contributed by atoms with van der Waals surface area (Å²) in [6.07, 6.45) is 0. The fourth-order valence-electron chi connectivity index (χ4n) is 3.48. The van der Waals surface area contributed by atoms with E-state index in [9.17, 15) is 4.79 Å². The van der Waals surface area contributed by atoms with Crippen molar-refractivity contribution in [3.05, 3.63) is 70.0 Å². The lowest BCUT2D eigenvalue weighted by molar-refractivity contribution is -0.116. The monoisotopic (exact) mass is 484 g/mol. The summed E-state index contributed by atoms with van der Waals surface area (Å²) in [7, 11) is 0. The van der Waals surface area contributed by atoms with E-state index in [1.54, 1.807) is 16.7 Å². The Labute approximate surface area is 201 Å². The van der Waals surface area contributed by atoms with E-state index in [2.05, 4.69) is 36.3 Å². The van der Waals surface area contributed by atoms with Gasteiger partial charge in [0.15, 0.2) is 5.13 Å². The minimum absolute atomic E-state index is 0.0277. The van der Waals surface area contributed by atoms with E-state index in [4.69, 9.17) is 16.6 Å². The SMILES string of the molecule is Cc1ccc(SCC(=O)N(CCn2nc(C)cc2C)c2nc3c(C)c(Cl)ccc3s2)cc1. The van der Waals surface area contributed by atoms with Gasteiger partial charge in [0, 0.05) is 22.2 Å². The number of carbonyl (C=O) groups excluding carboxylic acids is 1. The lowest BCUT2D eigenvalue weighted by Crippen LogP contribution is -2.35. The number of benzene rings is 2. The topological polar surface area (TPSA) is 51.0 Å². The molecule has 0 aliphatic heterocycles. The molecule has 2 aromatic heterocycles. The van der Waals surface area contributed by atoms with Gasteiger partial charge in [0.2, 0.25) is 5.91 Å². The molecular formula is C24H25ClN4OS2. The standard InChI is InChI=1S/C24H25ClN4OS2/c1-15-5-7-19(8-6-15)31-14-22(30)28(11-12-29-17(3)13-16(2)27-29)24-26-23-18(4)20(25)9-10-21(23)32-24/h5-10,13H,11-12,14H2,1-4H3. The van der Waals surface area contributed by atoms with Crippen LogP contribution in [0.5, 0.6) is 0 Å². The molecule has 0 bridgehead atoms. The van der Waals surface area contributed by atoms with E-state index < -0.39 is 0 Å². The zero-order valence-electron chi connectivity index (χ0n) is 18.6. The van der Waals surface area contributed by atoms with E-state index in [1.807, 2.05) is 43.7 Å². The molecule has 2 heterocycles. The van der Waals surface area contributed by atoms with E-state index in [-0.39, 0.29) is 5.91 Å². The highest BCUT2D eigenvalue weighted by Crippen LogP contribution is 2.34. The van der Waals surface area contributed by atoms with Gasteiger partial charge in [0.25, 0.3) is 0 Å². The Hall–Kier alpha value is -2.35. The van der Waals surface area contributed by atoms with Crippen molar-refractivity contribution < 1.29 is 4.79 Å². The Morgan fingerprint density at radius 2 is 1.88 bits per heavy atom. The molecule has 0 aliphatic rings. The fraction of sp³-hybridized carbons (Fsp3) is 0.292. The number of thiazole rings is 1. The van der Waals surface area contributed by atoms with Crippen molar-refractivity contribution in [2.24, 2.45) is 0 Å². The molecular weight excluding hydrogens is 460 g/mol. The molecule has 4 rings (SSSR count). The van der Waals surface area contributed by atoms with Crippen molar-refractivity contribution in [1.29, 1.82) is 0 Å². The number of aromatic nitrogens is 3. The lowest BCUT2D eigenvalue weighted by atomic mass is 10.2. The zero-order valence-corrected chi connectivity index (χ0v) is 20.9. The third-order valence-corrected chi connectivity index (χ3v) is 7.74. The summed E-state index contributed by atoms with van der Waals surface area (Å²) >= 11 is 9.36. The van der Waals surface area contributed by atoms with Crippen LogP contribution in [0.2, 0.25) is 5.02 Å². The van der Waals surface area contributed by atoms with Crippen LogP contribution in [0.4, 0.5) is 5.13 Å². The maximum absolute atomic E-state index is 13.3. The van der Waals surface area contributed by atoms with E-state index in [0.717, 1.165) is 32.1 Å². The molecule has 1 amide bonds. The van der Waals surface area contributed by atoms with Gasteiger partial charge in [-0.15, -0.1) is 11.8 Å². The Bertz CT molecular complexity index is 1260. The third-order valence-electron chi connectivity index (χ3n) is 5.29. The second kappa shape index (κ2) is 9.65. The van der Waals surface area contributed by atoms with Gasteiger partial charge in [-0.05, 0) is 63.6 Å². The summed E-state index contributed by atoms with van der Waals surface area (Å²) in [4.78, 5) is 21.0. The van der Waals surface area contributed by atoms with E-state index in [0.29, 0.717) is 29.0 Å². The molecule has 0 saturated heterocycles. The average molecular weight is 485 g/mol. The maximum atomic E-state index is 13.3. The second-order valence-corrected chi connectivity index (χ2v) is 10.3. The number of hydrogen-bond donors (Lipinski definition) is 0. The summed E-state index contributed by atoms with van der Waals surface area (Å²) in [6, 6.07) is 14.1. The first-order chi connectivity index (χ1) is 15.3. The molecule has 0 spiro atoms. The van der Waals surface area contributed by atoms with Gasteiger partial charge in [-0.1, -0.05) is 40.6 Å². The number of hydrogen-bond acceptors (Lipinski definition) is 5. The number of aryl methyl sites for hydroxylation is 4. The van der Waals surface area contributed by atoms with Gasteiger partial charge in [-0.25, -0.2) is 4.98 Å². The first-order valence-corrected chi connectivity index (χ1v) is 12.6. The van der Waals surface area contributed by atoms with Crippen LogP contribution in [-0.4, -0.2) is 33.0 Å². The maximum Gasteiger partial charge on any atom is 0.239 e. The van der Waals surface area contributed by atoms with E-state index in [1.165, 1.54) is 16.9 Å². The summed E-state index contributed by atoms with van der Waals surface area (Å²) in [5.41, 5.74) is 5.05. The zero-order chi connectivity index (χ0) is 22.8. The van der Waals surface area contributed by atoms with Crippen molar-refractivity contribution in [2.75, 3.05) is 17.2 Å². The second-order valence-electron chi connectivity index (χ2n) is 7.81. The molecule has 0 radical (unpaired) electrons. The van der Waals surface area contributed by atoms with Crippen LogP contribution in [0.1, 0.15) is 22.5 Å². The van der Waals surface area contributed by atoms with Gasteiger partial charge >= 0.3 is 0 Å². The molecule has 0 N–H and O–H groups in total. The smallest absolute Gasteiger partial charge is 0.239 e. The van der Waals surface area contributed by atoms with Crippen LogP contribution in [0.15, 0.2) is 47.4 Å². The number of nitrogens with zero attached hydrogens (tertiary/aromatic N) is 4. The van der Waals surface area contributed by atoms with Crippen molar-refractivity contribution in [3.63, 3.8) is 0 Å². The highest BCUT2D eigenvalue weighted by Gasteiger charge is 2.21. The summed E-state index contributed by atoms with van der Waals surface area (Å²) in [5.74, 6) is 0.371. The number of fused-ring (bicyclic) bond motifs is 1. The van der Waals surface area contributed by atoms with Gasteiger partial charge in [0.1, 0.15) is 0 Å². The Kier molecular flexibility index (Phi) is 6.88. The molecule has 5 nitrogen and oxygen atoms in total. The van der Waals surface area contributed by atoms with Gasteiger partial charge in [-0.3, -0.25) is 14.4 Å². The van der Waals surface area contributed by atoms with Crippen molar-refractivity contribution in [1.82, 2.24) is 14.8 Å². The first-order valence-electron chi connectivity index (χ1n) is 10.4. The molecule has 166 valence electrons. The van der Waals surface area contributed by atoms with Gasteiger partial charge < -0.3 is 0 Å². The number of rotatable bonds is 7. The van der Waals surface area contributed by atoms with E-state index >= 15 is 0 Å². The Balaban J connectivity index is 1.59. The number of amides is 1. The quantitative estimate of drug-likeness (QED) is 0.293. The van der Waals surface area contributed by atoms with Crippen molar-refractivity contribution >= 4 is 56.0 Å². The number of anilines is 1. The van der Waals surface area contributed by atoms with Crippen LogP contribution >= 0.6 is 34.7 Å². The molecule has 0 atom stereocenters. The molecule has 0 unspecified atom stereocenters. The van der Waals surface area contributed by atoms with Crippen LogP contribution in [0.3, 0.4) is 0 Å². The van der Waals surface area contributed by atoms with Crippen molar-refractivity contribution in [2.45, 2.75) is 39.1 Å². The Morgan fingerprint density at radius 3 is 2.56 bits per heavy atom. The lowest BCUT2D eigenvalue weighted by Gasteiger charge is -2.20. The summed E-state index contributed by atoms with van der Waals surface area (Å²) in [6.45, 7) is 9.14. The minimum Gasteiger partial charge on any atom is -0.285 e. The molecule has 0 fully saturated rings. The van der Waals surface area contributed by atoms with Gasteiger partial charge in [-0.2, -0.15) is 5.10 Å². The molecule has 0 aliphatic carbocycles. The van der Waals surface area contributed by atoms with Crippen LogP contribution in [0.25, 0.3) is 10.2 Å². The summed E-state index contributed by atoms with van der Waals surface area (Å²) in [5, 5.41) is 5.93. The normalized spacial score (nSPS) is 11.3. The summed E-state index contributed by atoms with van der Waals surface area (Å²) < 4.78 is 2.97. The molecule has 8 heteroatoms. The van der Waals surface area contributed by atoms with Crippen molar-refractivity contribution in [3.8, 4) is 0 Å². The van der Waals surface area contributed by atoms with Crippen LogP contribution in [-0.2, 0) is 11.3 Å². The van der Waals surface area contributed by atoms with Crippen LogP contribution in [0, 0.1) is 27.7 Å². The highest BCUT2D eigenvalue weighted by atomic mass is 35.5. The largest absolute Gasteiger partial charge is 0.285 e. The highest BCUT2D eigenvalue weighted by molar-refractivity contribution is 8.00. The average Bonchev–Trinajstić information content (AvgIpc) is 3.33. The Morgan fingerprint density at radius 1 is 1.12 bits per heavy atom. The minimum atomic E-state index is 0.0277. The molecule has 0 saturated carbocycles. The van der Waals surface area contributed by atoms with Crippen LogP contribution < -0.4 is 4.90 Å². The third kappa shape index (κ3) is 5.00. The number of thioether (sulfide) groups is 1. The molecule has 2 aromatic carbocycles. The van der Waals surface area contributed by atoms with Gasteiger partial charge in [0.05, 0.1) is 28.2 Å². The molecule has 4 aromatic rings.